The van der Waals surface area contributed by atoms with Crippen LogP contribution in [0.2, 0.25) is 0 Å². The third-order valence-electron chi connectivity index (χ3n) is 2.73. The number of fused-ring (bicyclic) bond motifs is 1. The summed E-state index contributed by atoms with van der Waals surface area (Å²) in [5.74, 6) is -0.297. The Balaban J connectivity index is 2.22. The minimum absolute atomic E-state index is 0.0214. The van der Waals surface area contributed by atoms with Crippen molar-refractivity contribution in [3.05, 3.63) is 35.0 Å². The first-order chi connectivity index (χ1) is 8.61. The van der Waals surface area contributed by atoms with Crippen LogP contribution in [-0.4, -0.2) is 38.0 Å². The first kappa shape index (κ1) is 13.0. The maximum absolute atomic E-state index is 13.1. The highest BCUT2D eigenvalue weighted by molar-refractivity contribution is 7.20. The lowest BCUT2D eigenvalue weighted by molar-refractivity contribution is 0.0801. The van der Waals surface area contributed by atoms with Crippen LogP contribution in [0, 0.1) is 5.82 Å². The van der Waals surface area contributed by atoms with Crippen molar-refractivity contribution in [3.63, 3.8) is 0 Å². The maximum Gasteiger partial charge on any atom is 0.263 e. The maximum atomic E-state index is 13.1. The molecule has 0 aliphatic rings. The number of carbonyl (C=O) groups excluding carboxylic acids is 1. The standard InChI is InChI=1S/C13H15FN2OS/c1-15-5-6-16(2)13(17)12-8-9-7-10(14)3-4-11(9)18-12/h3-4,7-8,15H,5-6H2,1-2H3. The fourth-order valence-corrected chi connectivity index (χ4v) is 2.73. The monoisotopic (exact) mass is 266 g/mol. The van der Waals surface area contributed by atoms with Gasteiger partial charge in [0.15, 0.2) is 0 Å². The molecule has 0 saturated heterocycles. The van der Waals surface area contributed by atoms with Gasteiger partial charge in [-0.3, -0.25) is 4.79 Å². The van der Waals surface area contributed by atoms with Crippen molar-refractivity contribution in [2.45, 2.75) is 0 Å². The molecule has 0 aliphatic heterocycles. The molecule has 0 spiro atoms. The number of hydrogen-bond acceptors (Lipinski definition) is 3. The minimum Gasteiger partial charge on any atom is -0.340 e. The predicted molar refractivity (Wildman–Crippen MR) is 72.7 cm³/mol. The Morgan fingerprint density at radius 3 is 2.94 bits per heavy atom. The van der Waals surface area contributed by atoms with Crippen molar-refractivity contribution in [3.8, 4) is 0 Å². The van der Waals surface area contributed by atoms with Gasteiger partial charge in [-0.25, -0.2) is 4.39 Å². The van der Waals surface area contributed by atoms with Crippen molar-refractivity contribution < 1.29 is 9.18 Å². The Morgan fingerprint density at radius 1 is 1.44 bits per heavy atom. The molecule has 0 aliphatic carbocycles. The smallest absolute Gasteiger partial charge is 0.263 e. The van der Waals surface area contributed by atoms with E-state index in [-0.39, 0.29) is 11.7 Å². The third-order valence-corrected chi connectivity index (χ3v) is 3.84. The van der Waals surface area contributed by atoms with Crippen LogP contribution in [0.25, 0.3) is 10.1 Å². The molecule has 1 aromatic carbocycles. The summed E-state index contributed by atoms with van der Waals surface area (Å²) in [6.45, 7) is 1.40. The second-order valence-corrected chi connectivity index (χ2v) is 5.21. The number of carbonyl (C=O) groups is 1. The first-order valence-corrected chi connectivity index (χ1v) is 6.52. The summed E-state index contributed by atoms with van der Waals surface area (Å²) in [5.41, 5.74) is 0. The Hall–Kier alpha value is -1.46. The number of rotatable bonds is 4. The van der Waals surface area contributed by atoms with Crippen molar-refractivity contribution in [2.75, 3.05) is 27.2 Å². The Morgan fingerprint density at radius 2 is 2.22 bits per heavy atom. The molecule has 0 fully saturated rings. The Labute approximate surface area is 109 Å². The van der Waals surface area contributed by atoms with Gasteiger partial charge in [0.2, 0.25) is 0 Å². The minimum atomic E-state index is -0.275. The first-order valence-electron chi connectivity index (χ1n) is 5.71. The SMILES string of the molecule is CNCCN(C)C(=O)c1cc2cc(F)ccc2s1. The molecule has 96 valence electrons. The summed E-state index contributed by atoms with van der Waals surface area (Å²) in [5, 5.41) is 3.78. The largest absolute Gasteiger partial charge is 0.340 e. The van der Waals surface area contributed by atoms with E-state index in [2.05, 4.69) is 5.32 Å². The van der Waals surface area contributed by atoms with E-state index in [1.807, 2.05) is 7.05 Å². The highest BCUT2D eigenvalue weighted by atomic mass is 32.1. The lowest BCUT2D eigenvalue weighted by Crippen LogP contribution is -2.32. The fourth-order valence-electron chi connectivity index (χ4n) is 1.69. The van der Waals surface area contributed by atoms with E-state index >= 15 is 0 Å². The van der Waals surface area contributed by atoms with Crippen molar-refractivity contribution in [1.82, 2.24) is 10.2 Å². The molecular weight excluding hydrogens is 251 g/mol. The van der Waals surface area contributed by atoms with Crippen LogP contribution in [0.15, 0.2) is 24.3 Å². The van der Waals surface area contributed by atoms with Crippen LogP contribution < -0.4 is 5.32 Å². The average Bonchev–Trinajstić information content (AvgIpc) is 2.77. The molecule has 0 radical (unpaired) electrons. The Kier molecular flexibility index (Phi) is 3.93. The molecule has 1 N–H and O–H groups in total. The van der Waals surface area contributed by atoms with Crippen molar-refractivity contribution in [2.24, 2.45) is 0 Å². The fraction of sp³-hybridized carbons (Fsp3) is 0.308. The number of nitrogens with one attached hydrogen (secondary N) is 1. The van der Waals surface area contributed by atoms with E-state index in [0.717, 1.165) is 16.6 Å². The van der Waals surface area contributed by atoms with Crippen molar-refractivity contribution in [1.29, 1.82) is 0 Å². The van der Waals surface area contributed by atoms with Crippen LogP contribution in [-0.2, 0) is 0 Å². The molecular formula is C13H15FN2OS. The zero-order valence-electron chi connectivity index (χ0n) is 10.4. The average molecular weight is 266 g/mol. The second kappa shape index (κ2) is 5.46. The number of benzene rings is 1. The molecule has 0 unspecified atom stereocenters. The highest BCUT2D eigenvalue weighted by Crippen LogP contribution is 2.26. The van der Waals surface area contributed by atoms with Gasteiger partial charge in [-0.2, -0.15) is 0 Å². The van der Waals surface area contributed by atoms with E-state index in [1.165, 1.54) is 23.5 Å². The molecule has 1 amide bonds. The molecule has 18 heavy (non-hydrogen) atoms. The molecule has 0 saturated carbocycles. The second-order valence-electron chi connectivity index (χ2n) is 4.12. The van der Waals surface area contributed by atoms with Gasteiger partial charge in [0, 0.05) is 24.8 Å². The molecule has 0 bridgehead atoms. The van der Waals surface area contributed by atoms with Crippen LogP contribution in [0.3, 0.4) is 0 Å². The van der Waals surface area contributed by atoms with Gasteiger partial charge in [-0.15, -0.1) is 11.3 Å². The topological polar surface area (TPSA) is 32.3 Å². The number of amides is 1. The van der Waals surface area contributed by atoms with Gasteiger partial charge in [0.1, 0.15) is 5.82 Å². The van der Waals surface area contributed by atoms with Gasteiger partial charge in [0.05, 0.1) is 4.88 Å². The zero-order valence-corrected chi connectivity index (χ0v) is 11.2. The van der Waals surface area contributed by atoms with Crippen molar-refractivity contribution >= 4 is 27.3 Å². The summed E-state index contributed by atoms with van der Waals surface area (Å²) in [6, 6.07) is 6.33. The zero-order chi connectivity index (χ0) is 13.1. The van der Waals surface area contributed by atoms with Crippen LogP contribution >= 0.6 is 11.3 Å². The summed E-state index contributed by atoms with van der Waals surface area (Å²) >= 11 is 1.40. The normalized spacial score (nSPS) is 10.8. The van der Waals surface area contributed by atoms with E-state index < -0.39 is 0 Å². The Bertz CT molecular complexity index is 567. The lowest BCUT2D eigenvalue weighted by Gasteiger charge is -2.15. The number of likely N-dealkylation sites (N-methyl/N-ethyl adjacent to an activating group) is 2. The number of hydrogen-bond donors (Lipinski definition) is 1. The van der Waals surface area contributed by atoms with E-state index in [9.17, 15) is 9.18 Å². The lowest BCUT2D eigenvalue weighted by atomic mass is 10.2. The van der Waals surface area contributed by atoms with Crippen LogP contribution in [0.4, 0.5) is 4.39 Å². The summed E-state index contributed by atoms with van der Waals surface area (Å²) < 4.78 is 14.0. The number of nitrogens with zero attached hydrogens (tertiary/aromatic N) is 1. The molecule has 2 rings (SSSR count). The number of halogens is 1. The van der Waals surface area contributed by atoms with Gasteiger partial charge >= 0.3 is 0 Å². The van der Waals surface area contributed by atoms with Gasteiger partial charge in [-0.1, -0.05) is 0 Å². The number of thiophene rings is 1. The highest BCUT2D eigenvalue weighted by Gasteiger charge is 2.14. The van der Waals surface area contributed by atoms with Gasteiger partial charge in [-0.05, 0) is 36.7 Å². The van der Waals surface area contributed by atoms with E-state index in [0.29, 0.717) is 11.4 Å². The van der Waals surface area contributed by atoms with Gasteiger partial charge < -0.3 is 10.2 Å². The molecule has 1 aromatic heterocycles. The molecule has 2 aromatic rings. The van der Waals surface area contributed by atoms with Crippen LogP contribution in [0.1, 0.15) is 9.67 Å². The van der Waals surface area contributed by atoms with E-state index in [4.69, 9.17) is 0 Å². The van der Waals surface area contributed by atoms with E-state index in [1.54, 1.807) is 24.1 Å². The third kappa shape index (κ3) is 2.68. The summed E-state index contributed by atoms with van der Waals surface area (Å²) in [6.07, 6.45) is 0. The van der Waals surface area contributed by atoms with Gasteiger partial charge in [0.25, 0.3) is 5.91 Å². The van der Waals surface area contributed by atoms with Crippen LogP contribution in [0.5, 0.6) is 0 Å². The quantitative estimate of drug-likeness (QED) is 0.921. The summed E-state index contributed by atoms with van der Waals surface area (Å²) in [4.78, 5) is 14.4. The molecule has 5 heteroatoms. The molecule has 0 atom stereocenters. The predicted octanol–water partition coefficient (Wildman–Crippen LogP) is 2.33. The molecule has 3 nitrogen and oxygen atoms in total. The summed E-state index contributed by atoms with van der Waals surface area (Å²) in [7, 11) is 3.62. The molecule has 1 heterocycles.